The van der Waals surface area contributed by atoms with Crippen molar-refractivity contribution >= 4 is 27.3 Å². The highest BCUT2D eigenvalue weighted by Gasteiger charge is 2.39. The van der Waals surface area contributed by atoms with Gasteiger partial charge < -0.3 is 10.2 Å². The smallest absolute Gasteiger partial charge is 0.240 e. The van der Waals surface area contributed by atoms with Crippen LogP contribution in [0.3, 0.4) is 0 Å². The van der Waals surface area contributed by atoms with Gasteiger partial charge in [-0.05, 0) is 30.5 Å². The van der Waals surface area contributed by atoms with Crippen molar-refractivity contribution in [2.75, 3.05) is 11.4 Å². The molecule has 1 aliphatic carbocycles. The van der Waals surface area contributed by atoms with Crippen LogP contribution in [0.1, 0.15) is 49.3 Å². The molecule has 1 unspecified atom stereocenters. The first-order valence-electron chi connectivity index (χ1n) is 10.4. The molecule has 158 valence electrons. The van der Waals surface area contributed by atoms with Gasteiger partial charge in [-0.1, -0.05) is 61.7 Å². The van der Waals surface area contributed by atoms with Crippen molar-refractivity contribution in [1.82, 2.24) is 5.32 Å². The molecule has 2 aromatic carbocycles. The third-order valence-corrected chi connectivity index (χ3v) is 8.09. The van der Waals surface area contributed by atoms with Gasteiger partial charge >= 0.3 is 0 Å². The van der Waals surface area contributed by atoms with Gasteiger partial charge in [-0.2, -0.15) is 0 Å². The lowest BCUT2D eigenvalue weighted by Gasteiger charge is -2.26. The highest BCUT2D eigenvalue weighted by Crippen LogP contribution is 2.40. The average Bonchev–Trinajstić information content (AvgIpc) is 2.84. The number of anilines is 1. The quantitative estimate of drug-likeness (QED) is 0.812. The van der Waals surface area contributed by atoms with Crippen molar-refractivity contribution < 1.29 is 18.0 Å². The van der Waals surface area contributed by atoms with Crippen LogP contribution in [0.5, 0.6) is 0 Å². The molecule has 1 atom stereocenters. The number of nitrogens with one attached hydrogen (secondary N) is 1. The van der Waals surface area contributed by atoms with E-state index in [1.165, 1.54) is 17.4 Å². The monoisotopic (exact) mass is 426 g/mol. The van der Waals surface area contributed by atoms with Crippen LogP contribution in [-0.4, -0.2) is 32.8 Å². The summed E-state index contributed by atoms with van der Waals surface area (Å²) in [5, 5.41) is 2.05. The van der Waals surface area contributed by atoms with Gasteiger partial charge in [-0.3, -0.25) is 9.59 Å². The van der Waals surface area contributed by atoms with E-state index in [0.29, 0.717) is 5.56 Å². The van der Waals surface area contributed by atoms with E-state index in [0.717, 1.165) is 25.7 Å². The molecule has 2 aromatic rings. The summed E-state index contributed by atoms with van der Waals surface area (Å²) in [5.74, 6) is -0.614. The predicted octanol–water partition coefficient (Wildman–Crippen LogP) is 3.39. The van der Waals surface area contributed by atoms with Crippen molar-refractivity contribution in [3.8, 4) is 0 Å². The van der Waals surface area contributed by atoms with Gasteiger partial charge in [0.05, 0.1) is 15.8 Å². The summed E-state index contributed by atoms with van der Waals surface area (Å²) in [6, 6.07) is 15.4. The molecule has 7 heteroatoms. The number of fused-ring (bicyclic) bond motifs is 1. The summed E-state index contributed by atoms with van der Waals surface area (Å²) in [7, 11) is -3.80. The van der Waals surface area contributed by atoms with Gasteiger partial charge in [-0.25, -0.2) is 8.42 Å². The van der Waals surface area contributed by atoms with Crippen molar-refractivity contribution in [1.29, 1.82) is 0 Å². The molecule has 1 aliphatic heterocycles. The predicted molar refractivity (Wildman–Crippen MR) is 115 cm³/mol. The number of para-hydroxylation sites is 1. The maximum Gasteiger partial charge on any atom is 0.240 e. The average molecular weight is 427 g/mol. The van der Waals surface area contributed by atoms with E-state index >= 15 is 0 Å². The molecule has 1 saturated carbocycles. The second-order valence-electron chi connectivity index (χ2n) is 8.00. The standard InChI is InChI=1S/C23H26N2O4S/c26-22(24-18-11-5-2-6-12-18)16-25-19-13-7-8-14-20(19)30(28,29)21(15-23(25)27)17-9-3-1-4-10-17/h1,3-4,7-10,13-14,18,21H,2,5-6,11-12,15-16H2,(H,24,26). The van der Waals surface area contributed by atoms with E-state index in [1.807, 2.05) is 6.07 Å². The number of rotatable bonds is 4. The van der Waals surface area contributed by atoms with Crippen LogP contribution in [0.2, 0.25) is 0 Å². The van der Waals surface area contributed by atoms with Crippen LogP contribution in [0.4, 0.5) is 5.69 Å². The van der Waals surface area contributed by atoms with Crippen LogP contribution in [0.25, 0.3) is 0 Å². The van der Waals surface area contributed by atoms with E-state index in [2.05, 4.69) is 5.32 Å². The molecule has 2 aliphatic rings. The first kappa shape index (κ1) is 20.6. The summed E-state index contributed by atoms with van der Waals surface area (Å²) >= 11 is 0. The molecular formula is C23H26N2O4S. The number of hydrogen-bond acceptors (Lipinski definition) is 4. The lowest BCUT2D eigenvalue weighted by Crippen LogP contribution is -2.45. The molecule has 30 heavy (non-hydrogen) atoms. The Morgan fingerprint density at radius 3 is 2.37 bits per heavy atom. The van der Waals surface area contributed by atoms with E-state index < -0.39 is 15.1 Å². The normalized spacial score (nSPS) is 21.5. The summed E-state index contributed by atoms with van der Waals surface area (Å²) < 4.78 is 26.9. The minimum Gasteiger partial charge on any atom is -0.352 e. The molecule has 2 amide bonds. The second-order valence-corrected chi connectivity index (χ2v) is 10.1. The molecule has 0 spiro atoms. The van der Waals surface area contributed by atoms with Gasteiger partial charge in [0.15, 0.2) is 9.84 Å². The number of carbonyl (C=O) groups excluding carboxylic acids is 2. The Hall–Kier alpha value is -2.67. The van der Waals surface area contributed by atoms with Crippen LogP contribution in [-0.2, 0) is 19.4 Å². The van der Waals surface area contributed by atoms with E-state index in [4.69, 9.17) is 0 Å². The van der Waals surface area contributed by atoms with E-state index in [1.54, 1.807) is 42.5 Å². The van der Waals surface area contributed by atoms with Gasteiger partial charge in [0.2, 0.25) is 11.8 Å². The fourth-order valence-corrected chi connectivity index (χ4v) is 6.31. The highest BCUT2D eigenvalue weighted by molar-refractivity contribution is 7.92. The first-order chi connectivity index (χ1) is 14.5. The number of sulfone groups is 1. The van der Waals surface area contributed by atoms with Crippen LogP contribution >= 0.6 is 0 Å². The second kappa shape index (κ2) is 8.60. The summed E-state index contributed by atoms with van der Waals surface area (Å²) in [4.78, 5) is 27.3. The molecule has 0 saturated heterocycles. The Bertz CT molecular complexity index is 1030. The Morgan fingerprint density at radius 1 is 0.967 bits per heavy atom. The zero-order valence-electron chi connectivity index (χ0n) is 16.8. The van der Waals surface area contributed by atoms with Crippen LogP contribution < -0.4 is 10.2 Å². The molecule has 1 fully saturated rings. The number of nitrogens with zero attached hydrogens (tertiary/aromatic N) is 1. The van der Waals surface area contributed by atoms with Crippen molar-refractivity contribution in [2.24, 2.45) is 0 Å². The number of carbonyl (C=O) groups is 2. The molecule has 0 radical (unpaired) electrons. The maximum atomic E-state index is 13.4. The van der Waals surface area contributed by atoms with E-state index in [9.17, 15) is 18.0 Å². The molecule has 1 heterocycles. The van der Waals surface area contributed by atoms with Crippen molar-refractivity contribution in [3.05, 3.63) is 60.2 Å². The third-order valence-electron chi connectivity index (χ3n) is 5.94. The van der Waals surface area contributed by atoms with Crippen LogP contribution in [0, 0.1) is 0 Å². The minimum absolute atomic E-state index is 0.0927. The SMILES string of the molecule is O=C(CN1C(=O)CC(c2ccccc2)S(=O)(=O)c2ccccc21)NC1CCCCC1. The molecule has 6 nitrogen and oxygen atoms in total. The van der Waals surface area contributed by atoms with Gasteiger partial charge in [0, 0.05) is 12.5 Å². The largest absolute Gasteiger partial charge is 0.352 e. The molecule has 1 N–H and O–H groups in total. The van der Waals surface area contributed by atoms with Crippen molar-refractivity contribution in [2.45, 2.75) is 54.7 Å². The lowest BCUT2D eigenvalue weighted by molar-refractivity contribution is -0.124. The fraction of sp³-hybridized carbons (Fsp3) is 0.391. The highest BCUT2D eigenvalue weighted by atomic mass is 32.2. The van der Waals surface area contributed by atoms with E-state index in [-0.39, 0.29) is 41.4 Å². The molecule has 0 aromatic heterocycles. The Morgan fingerprint density at radius 2 is 1.63 bits per heavy atom. The summed E-state index contributed by atoms with van der Waals surface area (Å²) in [6.45, 7) is -0.177. The van der Waals surface area contributed by atoms with Gasteiger partial charge in [-0.15, -0.1) is 0 Å². The Labute approximate surface area is 177 Å². The number of benzene rings is 2. The van der Waals surface area contributed by atoms with Gasteiger partial charge in [0.25, 0.3) is 0 Å². The number of amides is 2. The zero-order chi connectivity index (χ0) is 21.1. The van der Waals surface area contributed by atoms with Crippen LogP contribution in [0.15, 0.2) is 59.5 Å². The Kier molecular flexibility index (Phi) is 5.90. The summed E-state index contributed by atoms with van der Waals surface area (Å²) in [6.07, 6.45) is 5.06. The fourth-order valence-electron chi connectivity index (χ4n) is 4.39. The Balaban J connectivity index is 1.66. The lowest BCUT2D eigenvalue weighted by atomic mass is 9.95. The van der Waals surface area contributed by atoms with Gasteiger partial charge in [0.1, 0.15) is 6.54 Å². The maximum absolute atomic E-state index is 13.4. The first-order valence-corrected chi connectivity index (χ1v) is 12.0. The third kappa shape index (κ3) is 4.12. The molecule has 0 bridgehead atoms. The topological polar surface area (TPSA) is 83.6 Å². The minimum atomic E-state index is -3.80. The van der Waals surface area contributed by atoms with Crippen molar-refractivity contribution in [3.63, 3.8) is 0 Å². The molecule has 4 rings (SSSR count). The zero-order valence-corrected chi connectivity index (χ0v) is 17.6. The number of hydrogen-bond donors (Lipinski definition) is 1. The molecular weight excluding hydrogens is 400 g/mol. The summed E-state index contributed by atoms with van der Waals surface area (Å²) in [5.41, 5.74) is 0.855.